The molecule has 0 N–H and O–H groups in total. The van der Waals surface area contributed by atoms with Gasteiger partial charge in [-0.25, -0.2) is 8.42 Å². The van der Waals surface area contributed by atoms with Gasteiger partial charge in [-0.3, -0.25) is 4.79 Å². The smallest absolute Gasteiger partial charge is 0.290 e. The molecule has 8 heteroatoms. The summed E-state index contributed by atoms with van der Waals surface area (Å²) in [5.74, 6) is 1.05. The lowest BCUT2D eigenvalue weighted by molar-refractivity contribution is -0.133. The van der Waals surface area contributed by atoms with E-state index in [-0.39, 0.29) is 23.5 Å². The molecule has 3 heterocycles. The topological polar surface area (TPSA) is 63.7 Å². The number of nitrogens with zero attached hydrogens (tertiary/aromatic N) is 1. The van der Waals surface area contributed by atoms with Gasteiger partial charge in [0.1, 0.15) is 0 Å². The Hall–Kier alpha value is -1.77. The molecule has 1 fully saturated rings. The first-order chi connectivity index (χ1) is 13.5. The first-order valence-electron chi connectivity index (χ1n) is 9.12. The Bertz CT molecular complexity index is 968. The molecule has 1 saturated heterocycles. The van der Waals surface area contributed by atoms with Gasteiger partial charge in [0.05, 0.1) is 29.6 Å². The van der Waals surface area contributed by atoms with Crippen molar-refractivity contribution < 1.29 is 17.9 Å². The van der Waals surface area contributed by atoms with Crippen LogP contribution in [0.3, 0.4) is 0 Å². The van der Waals surface area contributed by atoms with Crippen LogP contribution in [-0.2, 0) is 25.9 Å². The van der Waals surface area contributed by atoms with Crippen LogP contribution in [-0.4, -0.2) is 49.1 Å². The number of rotatable bonds is 5. The SMILES string of the molecule is O=C(C1=C(c2ccccc2)SCCO1)N(Cc1cccs1)[C@H]1CCS(=O)(=O)C1. The van der Waals surface area contributed by atoms with E-state index in [1.165, 1.54) is 0 Å². The highest BCUT2D eigenvalue weighted by atomic mass is 32.2. The molecule has 5 nitrogen and oxygen atoms in total. The van der Waals surface area contributed by atoms with Gasteiger partial charge in [0, 0.05) is 16.7 Å². The lowest BCUT2D eigenvalue weighted by Crippen LogP contribution is -2.42. The number of thioether (sulfide) groups is 1. The van der Waals surface area contributed by atoms with Crippen molar-refractivity contribution in [2.24, 2.45) is 0 Å². The number of sulfone groups is 1. The zero-order valence-corrected chi connectivity index (χ0v) is 17.7. The summed E-state index contributed by atoms with van der Waals surface area (Å²) in [6.45, 7) is 0.869. The van der Waals surface area contributed by atoms with Gasteiger partial charge in [-0.1, -0.05) is 36.4 Å². The predicted molar refractivity (Wildman–Crippen MR) is 114 cm³/mol. The average molecular weight is 436 g/mol. The van der Waals surface area contributed by atoms with Crippen molar-refractivity contribution in [2.75, 3.05) is 23.9 Å². The molecule has 1 aromatic carbocycles. The highest BCUT2D eigenvalue weighted by molar-refractivity contribution is 8.08. The minimum absolute atomic E-state index is 0.0191. The maximum atomic E-state index is 13.5. The van der Waals surface area contributed by atoms with Gasteiger partial charge in [0.15, 0.2) is 15.6 Å². The normalized spacial score (nSPS) is 21.4. The van der Waals surface area contributed by atoms with Crippen molar-refractivity contribution in [1.82, 2.24) is 4.90 Å². The van der Waals surface area contributed by atoms with Crippen molar-refractivity contribution in [3.63, 3.8) is 0 Å². The predicted octanol–water partition coefficient (Wildman–Crippen LogP) is 3.40. The Morgan fingerprint density at radius 1 is 1.18 bits per heavy atom. The second-order valence-corrected chi connectivity index (χ2v) is 11.2. The van der Waals surface area contributed by atoms with Gasteiger partial charge < -0.3 is 9.64 Å². The summed E-state index contributed by atoms with van der Waals surface area (Å²) in [5, 5.41) is 1.96. The second-order valence-electron chi connectivity index (χ2n) is 6.79. The number of thiophene rings is 1. The maximum Gasteiger partial charge on any atom is 0.290 e. The maximum absolute atomic E-state index is 13.5. The molecule has 1 amide bonds. The van der Waals surface area contributed by atoms with E-state index in [0.717, 1.165) is 21.1 Å². The summed E-state index contributed by atoms with van der Waals surface area (Å²) in [4.78, 5) is 17.1. The number of hydrogen-bond donors (Lipinski definition) is 0. The summed E-state index contributed by atoms with van der Waals surface area (Å²) in [6.07, 6.45) is 0.473. The van der Waals surface area contributed by atoms with E-state index >= 15 is 0 Å². The molecule has 1 atom stereocenters. The van der Waals surface area contributed by atoms with Crippen LogP contribution in [0.25, 0.3) is 4.91 Å². The number of carbonyl (C=O) groups is 1. The second kappa shape index (κ2) is 8.31. The van der Waals surface area contributed by atoms with E-state index in [0.29, 0.717) is 25.3 Å². The number of hydrogen-bond acceptors (Lipinski definition) is 6. The van der Waals surface area contributed by atoms with Crippen LogP contribution in [0.15, 0.2) is 53.6 Å². The molecule has 0 spiro atoms. The van der Waals surface area contributed by atoms with Gasteiger partial charge in [-0.2, -0.15) is 0 Å². The van der Waals surface area contributed by atoms with E-state index in [1.807, 2.05) is 47.8 Å². The Kier molecular flexibility index (Phi) is 5.80. The first kappa shape index (κ1) is 19.5. The van der Waals surface area contributed by atoms with Crippen molar-refractivity contribution in [3.05, 3.63) is 64.0 Å². The van der Waals surface area contributed by atoms with Crippen LogP contribution in [0.5, 0.6) is 0 Å². The lowest BCUT2D eigenvalue weighted by Gasteiger charge is -2.30. The van der Waals surface area contributed by atoms with E-state index in [2.05, 4.69) is 0 Å². The van der Waals surface area contributed by atoms with Crippen molar-refractivity contribution in [3.8, 4) is 0 Å². The number of ether oxygens (including phenoxy) is 1. The number of benzene rings is 1. The van der Waals surface area contributed by atoms with Crippen LogP contribution >= 0.6 is 23.1 Å². The fourth-order valence-corrected chi connectivity index (χ4v) is 6.85. The van der Waals surface area contributed by atoms with Crippen LogP contribution in [0.1, 0.15) is 16.9 Å². The van der Waals surface area contributed by atoms with Gasteiger partial charge in [-0.15, -0.1) is 23.1 Å². The van der Waals surface area contributed by atoms with Crippen LogP contribution in [0, 0.1) is 0 Å². The largest absolute Gasteiger partial charge is 0.486 e. The van der Waals surface area contributed by atoms with Gasteiger partial charge in [0.2, 0.25) is 0 Å². The molecule has 28 heavy (non-hydrogen) atoms. The first-order valence-corrected chi connectivity index (χ1v) is 12.8. The van der Waals surface area contributed by atoms with Crippen LogP contribution in [0.2, 0.25) is 0 Å². The third-order valence-corrected chi connectivity index (χ3v) is 8.52. The Balaban J connectivity index is 1.70. The zero-order chi connectivity index (χ0) is 19.6. The monoisotopic (exact) mass is 435 g/mol. The fourth-order valence-electron chi connectivity index (χ4n) is 3.47. The molecule has 2 aliphatic heterocycles. The summed E-state index contributed by atoms with van der Waals surface area (Å²) in [6, 6.07) is 13.3. The standard InChI is InChI=1S/C20H21NO4S3/c22-20(18-19(27-11-9-25-18)15-5-2-1-3-6-15)21(13-17-7-4-10-26-17)16-8-12-28(23,24)14-16/h1-7,10,16H,8-9,11-14H2/t16-/m0/s1. The van der Waals surface area contributed by atoms with Crippen molar-refractivity contribution in [1.29, 1.82) is 0 Å². The molecule has 0 radical (unpaired) electrons. The minimum atomic E-state index is -3.10. The van der Waals surface area contributed by atoms with Crippen molar-refractivity contribution >= 4 is 43.7 Å². The Morgan fingerprint density at radius 3 is 2.68 bits per heavy atom. The van der Waals surface area contributed by atoms with Crippen LogP contribution < -0.4 is 0 Å². The molecule has 4 rings (SSSR count). The van der Waals surface area contributed by atoms with Gasteiger partial charge in [0.25, 0.3) is 5.91 Å². The third-order valence-electron chi connectivity index (χ3n) is 4.83. The van der Waals surface area contributed by atoms with Crippen molar-refractivity contribution in [2.45, 2.75) is 19.0 Å². The molecule has 0 bridgehead atoms. The average Bonchev–Trinajstić information content (AvgIpc) is 3.35. The van der Waals surface area contributed by atoms with E-state index in [4.69, 9.17) is 4.74 Å². The molecule has 1 aromatic heterocycles. The van der Waals surface area contributed by atoms with Crippen LogP contribution in [0.4, 0.5) is 0 Å². The molecule has 0 saturated carbocycles. The van der Waals surface area contributed by atoms with Gasteiger partial charge in [-0.05, 0) is 23.4 Å². The van der Waals surface area contributed by atoms with Gasteiger partial charge >= 0.3 is 0 Å². The zero-order valence-electron chi connectivity index (χ0n) is 15.2. The summed E-state index contributed by atoms with van der Waals surface area (Å²) >= 11 is 3.18. The molecule has 2 aliphatic rings. The summed E-state index contributed by atoms with van der Waals surface area (Å²) < 4.78 is 29.9. The van der Waals surface area contributed by atoms with E-state index < -0.39 is 9.84 Å². The quantitative estimate of drug-likeness (QED) is 0.720. The summed E-state index contributed by atoms with van der Waals surface area (Å²) in [5.41, 5.74) is 0.950. The lowest BCUT2D eigenvalue weighted by atomic mass is 10.1. The molecular weight excluding hydrogens is 414 g/mol. The molecule has 0 aliphatic carbocycles. The molecule has 0 unspecified atom stereocenters. The van der Waals surface area contributed by atoms with E-state index in [9.17, 15) is 13.2 Å². The van der Waals surface area contributed by atoms with E-state index in [1.54, 1.807) is 28.0 Å². The highest BCUT2D eigenvalue weighted by Gasteiger charge is 2.37. The number of amides is 1. The number of carbonyl (C=O) groups excluding carboxylic acids is 1. The fraction of sp³-hybridized carbons (Fsp3) is 0.350. The Labute approximate surface area is 173 Å². The summed E-state index contributed by atoms with van der Waals surface area (Å²) in [7, 11) is -3.10. The Morgan fingerprint density at radius 2 is 2.00 bits per heavy atom. The minimum Gasteiger partial charge on any atom is -0.486 e. The highest BCUT2D eigenvalue weighted by Crippen LogP contribution is 2.36. The molecular formula is C20H21NO4S3. The molecule has 148 valence electrons. The third kappa shape index (κ3) is 4.29. The molecule has 2 aromatic rings.